The van der Waals surface area contributed by atoms with Crippen LogP contribution in [0.3, 0.4) is 0 Å². The van der Waals surface area contributed by atoms with E-state index in [4.69, 9.17) is 9.47 Å². The minimum absolute atomic E-state index is 0.0240. The van der Waals surface area contributed by atoms with E-state index in [2.05, 4.69) is 5.10 Å². The fourth-order valence-electron chi connectivity index (χ4n) is 3.57. The van der Waals surface area contributed by atoms with Crippen molar-refractivity contribution >= 4 is 11.9 Å². The molecule has 0 spiro atoms. The molecule has 7 heteroatoms. The minimum Gasteiger partial charge on any atom is -0.452 e. The van der Waals surface area contributed by atoms with Crippen molar-refractivity contribution in [1.82, 2.24) is 14.7 Å². The van der Waals surface area contributed by atoms with E-state index < -0.39 is 5.97 Å². The van der Waals surface area contributed by atoms with Crippen LogP contribution in [0.1, 0.15) is 41.2 Å². The van der Waals surface area contributed by atoms with Crippen molar-refractivity contribution in [3.63, 3.8) is 0 Å². The third-order valence-electron chi connectivity index (χ3n) is 4.86. The second-order valence-electron chi connectivity index (χ2n) is 7.32. The van der Waals surface area contributed by atoms with Gasteiger partial charge in [-0.05, 0) is 33.3 Å². The van der Waals surface area contributed by atoms with Gasteiger partial charge in [-0.25, -0.2) is 4.79 Å². The first-order valence-electron chi connectivity index (χ1n) is 9.53. The largest absolute Gasteiger partial charge is 0.452 e. The zero-order valence-electron chi connectivity index (χ0n) is 16.8. The van der Waals surface area contributed by atoms with Gasteiger partial charge in [-0.2, -0.15) is 5.10 Å². The van der Waals surface area contributed by atoms with Gasteiger partial charge in [-0.3, -0.25) is 9.48 Å². The Balaban J connectivity index is 1.63. The average Bonchev–Trinajstić information content (AvgIpc) is 2.93. The average molecular weight is 385 g/mol. The lowest BCUT2D eigenvalue weighted by atomic mass is 10.2. The Bertz CT molecular complexity index is 837. The molecule has 1 fully saturated rings. The molecule has 0 saturated carbocycles. The molecule has 150 valence electrons. The van der Waals surface area contributed by atoms with E-state index in [1.54, 1.807) is 16.5 Å². The number of carbonyl (C=O) groups excluding carboxylic acids is 2. The molecule has 2 heterocycles. The van der Waals surface area contributed by atoms with Crippen LogP contribution in [0.2, 0.25) is 0 Å². The van der Waals surface area contributed by atoms with E-state index in [9.17, 15) is 9.59 Å². The Morgan fingerprint density at radius 2 is 1.79 bits per heavy atom. The van der Waals surface area contributed by atoms with Gasteiger partial charge in [-0.15, -0.1) is 0 Å². The summed E-state index contributed by atoms with van der Waals surface area (Å²) in [5.41, 5.74) is 2.85. The van der Waals surface area contributed by atoms with Crippen molar-refractivity contribution in [2.24, 2.45) is 0 Å². The Hall–Kier alpha value is -2.67. The van der Waals surface area contributed by atoms with E-state index >= 15 is 0 Å². The summed E-state index contributed by atoms with van der Waals surface area (Å²) in [4.78, 5) is 26.7. The van der Waals surface area contributed by atoms with Crippen LogP contribution in [0.4, 0.5) is 0 Å². The molecule has 0 bridgehead atoms. The summed E-state index contributed by atoms with van der Waals surface area (Å²) in [7, 11) is 0. The molecule has 1 aliphatic rings. The van der Waals surface area contributed by atoms with Crippen molar-refractivity contribution in [2.45, 2.75) is 46.4 Å². The van der Waals surface area contributed by atoms with Crippen LogP contribution in [-0.2, 0) is 20.8 Å². The molecule has 1 amide bonds. The van der Waals surface area contributed by atoms with Crippen LogP contribution in [-0.4, -0.2) is 58.5 Å². The second-order valence-corrected chi connectivity index (χ2v) is 7.32. The number of benzene rings is 1. The maximum Gasteiger partial charge on any atom is 0.342 e. The number of morpholine rings is 1. The van der Waals surface area contributed by atoms with Crippen molar-refractivity contribution in [2.75, 3.05) is 19.7 Å². The summed E-state index contributed by atoms with van der Waals surface area (Å²) in [6.45, 7) is 8.78. The highest BCUT2D eigenvalue weighted by atomic mass is 16.5. The van der Waals surface area contributed by atoms with Gasteiger partial charge in [-0.1, -0.05) is 30.3 Å². The lowest BCUT2D eigenvalue weighted by molar-refractivity contribution is -0.146. The predicted octanol–water partition coefficient (Wildman–Crippen LogP) is 2.34. The smallest absolute Gasteiger partial charge is 0.342 e. The molecule has 3 rings (SSSR count). The Kier molecular flexibility index (Phi) is 6.14. The minimum atomic E-state index is -0.517. The third-order valence-corrected chi connectivity index (χ3v) is 4.86. The molecule has 0 N–H and O–H groups in total. The van der Waals surface area contributed by atoms with Crippen molar-refractivity contribution in [3.8, 4) is 0 Å². The summed E-state index contributed by atoms with van der Waals surface area (Å²) in [6, 6.07) is 9.92. The van der Waals surface area contributed by atoms with Crippen LogP contribution >= 0.6 is 0 Å². The molecular formula is C21H27N3O4. The first-order valence-corrected chi connectivity index (χ1v) is 9.53. The number of rotatable bonds is 5. The quantitative estimate of drug-likeness (QED) is 0.739. The van der Waals surface area contributed by atoms with E-state index in [1.807, 2.05) is 51.1 Å². The molecule has 7 nitrogen and oxygen atoms in total. The monoisotopic (exact) mass is 385 g/mol. The number of hydrogen-bond acceptors (Lipinski definition) is 5. The van der Waals surface area contributed by atoms with Crippen molar-refractivity contribution in [1.29, 1.82) is 0 Å². The molecule has 1 aliphatic heterocycles. The number of ether oxygens (including phenoxy) is 2. The number of esters is 1. The fourth-order valence-corrected chi connectivity index (χ4v) is 3.57. The maximum atomic E-state index is 12.6. The molecular weight excluding hydrogens is 358 g/mol. The SMILES string of the molecule is Cc1nn(Cc2ccccc2)c(C)c1C(=O)OCC(=O)N1C[C@@H](C)O[C@@H](C)C1. The summed E-state index contributed by atoms with van der Waals surface area (Å²) in [5, 5.41) is 4.47. The topological polar surface area (TPSA) is 73.7 Å². The van der Waals surface area contributed by atoms with Crippen LogP contribution in [0.15, 0.2) is 30.3 Å². The second kappa shape index (κ2) is 8.56. The van der Waals surface area contributed by atoms with Gasteiger partial charge >= 0.3 is 5.97 Å². The molecule has 1 aromatic carbocycles. The predicted molar refractivity (Wildman–Crippen MR) is 104 cm³/mol. The van der Waals surface area contributed by atoms with Crippen LogP contribution in [0.25, 0.3) is 0 Å². The van der Waals surface area contributed by atoms with E-state index in [1.165, 1.54) is 0 Å². The molecule has 0 unspecified atom stereocenters. The fraction of sp³-hybridized carbons (Fsp3) is 0.476. The normalized spacial score (nSPS) is 19.5. The summed E-state index contributed by atoms with van der Waals surface area (Å²) in [5.74, 6) is -0.723. The number of hydrogen-bond donors (Lipinski definition) is 0. The zero-order chi connectivity index (χ0) is 20.3. The maximum absolute atomic E-state index is 12.6. The van der Waals surface area contributed by atoms with Gasteiger partial charge in [0.15, 0.2) is 6.61 Å². The molecule has 2 aromatic rings. The van der Waals surface area contributed by atoms with Crippen LogP contribution in [0, 0.1) is 13.8 Å². The Labute approximate surface area is 165 Å². The van der Waals surface area contributed by atoms with Crippen LogP contribution in [0.5, 0.6) is 0 Å². The van der Waals surface area contributed by atoms with Gasteiger partial charge in [0.25, 0.3) is 5.91 Å². The van der Waals surface area contributed by atoms with Gasteiger partial charge in [0, 0.05) is 13.1 Å². The highest BCUT2D eigenvalue weighted by Crippen LogP contribution is 2.17. The highest BCUT2D eigenvalue weighted by molar-refractivity contribution is 5.93. The van der Waals surface area contributed by atoms with E-state index in [0.29, 0.717) is 30.9 Å². The van der Waals surface area contributed by atoms with Crippen molar-refractivity contribution < 1.29 is 19.1 Å². The number of nitrogens with zero attached hydrogens (tertiary/aromatic N) is 3. The lowest BCUT2D eigenvalue weighted by Gasteiger charge is -2.35. The zero-order valence-corrected chi connectivity index (χ0v) is 16.8. The summed E-state index contributed by atoms with van der Waals surface area (Å²) in [6.07, 6.45) is -0.0479. The molecule has 0 radical (unpaired) electrons. The van der Waals surface area contributed by atoms with Gasteiger partial charge < -0.3 is 14.4 Å². The Morgan fingerprint density at radius 3 is 2.43 bits per heavy atom. The Morgan fingerprint density at radius 1 is 1.14 bits per heavy atom. The van der Waals surface area contributed by atoms with Gasteiger partial charge in [0.2, 0.25) is 0 Å². The third kappa shape index (κ3) is 4.59. The highest BCUT2D eigenvalue weighted by Gasteiger charge is 2.27. The molecule has 0 aliphatic carbocycles. The first kappa shape index (κ1) is 20.1. The summed E-state index contributed by atoms with van der Waals surface area (Å²) >= 11 is 0. The molecule has 1 aromatic heterocycles. The summed E-state index contributed by atoms with van der Waals surface area (Å²) < 4.78 is 12.7. The number of aryl methyl sites for hydroxylation is 1. The van der Waals surface area contributed by atoms with E-state index in [-0.39, 0.29) is 24.7 Å². The van der Waals surface area contributed by atoms with Gasteiger partial charge in [0.1, 0.15) is 5.56 Å². The number of carbonyl (C=O) groups is 2. The van der Waals surface area contributed by atoms with E-state index in [0.717, 1.165) is 11.3 Å². The first-order chi connectivity index (χ1) is 13.3. The lowest BCUT2D eigenvalue weighted by Crippen LogP contribution is -2.49. The molecule has 2 atom stereocenters. The van der Waals surface area contributed by atoms with Crippen molar-refractivity contribution in [3.05, 3.63) is 52.8 Å². The molecule has 28 heavy (non-hydrogen) atoms. The van der Waals surface area contributed by atoms with Gasteiger partial charge in [0.05, 0.1) is 30.1 Å². The number of aromatic nitrogens is 2. The number of amides is 1. The standard InChI is InChI=1S/C21H27N3O4/c1-14-10-23(11-15(2)28-14)19(25)13-27-21(26)20-16(3)22-24(17(20)4)12-18-8-6-5-7-9-18/h5-9,14-15H,10-13H2,1-4H3/t14-,15+. The van der Waals surface area contributed by atoms with Crippen LogP contribution < -0.4 is 0 Å². The molecule has 1 saturated heterocycles.